The number of hydrogen-bond donors (Lipinski definition) is 1. The number of benzene rings is 1. The Morgan fingerprint density at radius 3 is 2.60 bits per heavy atom. The number of carbonyl (C=O) groups is 1. The van der Waals surface area contributed by atoms with Crippen LogP contribution >= 0.6 is 0 Å². The standard InChI is InChI=1S/C10H10F2NO2/c1-2-9(15-10(13)14)7-4-3-6(11)5-8(7)12/h3-5H,2H2,1H3,(H2,13,14). The minimum atomic E-state index is -1.02. The maximum atomic E-state index is 13.2. The second-order valence-electron chi connectivity index (χ2n) is 2.82. The normalized spacial score (nSPS) is 10.4. The first-order valence-electron chi connectivity index (χ1n) is 4.33. The zero-order valence-electron chi connectivity index (χ0n) is 8.09. The summed E-state index contributed by atoms with van der Waals surface area (Å²) in [5, 5.41) is 0. The van der Waals surface area contributed by atoms with E-state index in [0.717, 1.165) is 12.1 Å². The molecule has 0 saturated carbocycles. The van der Waals surface area contributed by atoms with Crippen molar-refractivity contribution < 1.29 is 18.3 Å². The van der Waals surface area contributed by atoms with E-state index in [9.17, 15) is 13.6 Å². The molecular weight excluding hydrogens is 204 g/mol. The Morgan fingerprint density at radius 1 is 1.47 bits per heavy atom. The predicted octanol–water partition coefficient (Wildman–Crippen LogP) is 2.35. The molecule has 0 saturated heterocycles. The van der Waals surface area contributed by atoms with E-state index in [4.69, 9.17) is 5.73 Å². The minimum absolute atomic E-state index is 0.0395. The van der Waals surface area contributed by atoms with Crippen molar-refractivity contribution in [2.24, 2.45) is 5.73 Å². The molecule has 0 atom stereocenters. The molecule has 0 fully saturated rings. The highest BCUT2D eigenvalue weighted by Gasteiger charge is 2.19. The van der Waals surface area contributed by atoms with Gasteiger partial charge in [-0.2, -0.15) is 0 Å². The maximum absolute atomic E-state index is 13.2. The van der Waals surface area contributed by atoms with Crippen molar-refractivity contribution in [2.45, 2.75) is 13.3 Å². The summed E-state index contributed by atoms with van der Waals surface area (Å²) < 4.78 is 30.4. The largest absolute Gasteiger partial charge is 0.433 e. The Morgan fingerprint density at radius 2 is 2.13 bits per heavy atom. The van der Waals surface area contributed by atoms with E-state index in [1.54, 1.807) is 6.92 Å². The lowest BCUT2D eigenvalue weighted by molar-refractivity contribution is 0.165. The predicted molar refractivity (Wildman–Crippen MR) is 49.7 cm³/mol. The summed E-state index contributed by atoms with van der Waals surface area (Å²) >= 11 is 0. The van der Waals surface area contributed by atoms with Crippen LogP contribution in [-0.2, 0) is 4.74 Å². The van der Waals surface area contributed by atoms with Gasteiger partial charge >= 0.3 is 6.09 Å². The highest BCUT2D eigenvalue weighted by molar-refractivity contribution is 5.66. The number of amides is 1. The van der Waals surface area contributed by atoms with Gasteiger partial charge in [0, 0.05) is 11.6 Å². The van der Waals surface area contributed by atoms with Crippen LogP contribution in [0.4, 0.5) is 13.6 Å². The number of halogens is 2. The van der Waals surface area contributed by atoms with Gasteiger partial charge in [-0.15, -0.1) is 0 Å². The Hall–Kier alpha value is -1.65. The van der Waals surface area contributed by atoms with Crippen LogP contribution in [0, 0.1) is 17.7 Å². The topological polar surface area (TPSA) is 52.3 Å². The van der Waals surface area contributed by atoms with Gasteiger partial charge in [0.15, 0.2) is 6.10 Å². The maximum Gasteiger partial charge on any atom is 0.405 e. The lowest BCUT2D eigenvalue weighted by Crippen LogP contribution is -2.18. The summed E-state index contributed by atoms with van der Waals surface area (Å²) in [4.78, 5) is 10.5. The van der Waals surface area contributed by atoms with Gasteiger partial charge in [0.25, 0.3) is 0 Å². The van der Waals surface area contributed by atoms with Crippen LogP contribution in [0.3, 0.4) is 0 Å². The average molecular weight is 214 g/mol. The Kier molecular flexibility index (Phi) is 3.60. The van der Waals surface area contributed by atoms with Crippen LogP contribution in [0.2, 0.25) is 0 Å². The van der Waals surface area contributed by atoms with Crippen LogP contribution in [0.1, 0.15) is 18.9 Å². The molecule has 0 unspecified atom stereocenters. The molecule has 3 nitrogen and oxygen atoms in total. The van der Waals surface area contributed by atoms with Crippen LogP contribution < -0.4 is 5.73 Å². The fraction of sp³-hybridized carbons (Fsp3) is 0.200. The smallest absolute Gasteiger partial charge is 0.405 e. The van der Waals surface area contributed by atoms with Crippen molar-refractivity contribution in [2.75, 3.05) is 0 Å². The lowest BCUT2D eigenvalue weighted by Gasteiger charge is -2.13. The highest BCUT2D eigenvalue weighted by atomic mass is 19.1. The van der Waals surface area contributed by atoms with Gasteiger partial charge in [0.05, 0.1) is 0 Å². The first-order valence-corrected chi connectivity index (χ1v) is 4.33. The van der Waals surface area contributed by atoms with Gasteiger partial charge < -0.3 is 10.5 Å². The van der Waals surface area contributed by atoms with E-state index in [-0.39, 0.29) is 18.1 Å². The molecule has 0 bridgehead atoms. The van der Waals surface area contributed by atoms with Crippen molar-refractivity contribution in [3.05, 3.63) is 41.5 Å². The van der Waals surface area contributed by atoms with Gasteiger partial charge in [0.1, 0.15) is 11.6 Å². The quantitative estimate of drug-likeness (QED) is 0.839. The Bertz CT molecular complexity index is 368. The summed E-state index contributed by atoms with van der Waals surface area (Å²) in [7, 11) is 0. The molecule has 81 valence electrons. The van der Waals surface area contributed by atoms with Crippen molar-refractivity contribution in [1.29, 1.82) is 0 Å². The van der Waals surface area contributed by atoms with Crippen molar-refractivity contribution in [3.8, 4) is 0 Å². The molecule has 1 radical (unpaired) electrons. The molecule has 5 heteroatoms. The molecule has 0 spiro atoms. The monoisotopic (exact) mass is 214 g/mol. The summed E-state index contributed by atoms with van der Waals surface area (Å²) in [5.74, 6) is -1.47. The van der Waals surface area contributed by atoms with Gasteiger partial charge in [-0.1, -0.05) is 6.92 Å². The third-order valence-corrected chi connectivity index (χ3v) is 1.78. The third-order valence-electron chi connectivity index (χ3n) is 1.78. The molecule has 1 aromatic rings. The number of ether oxygens (including phenoxy) is 1. The number of nitrogens with two attached hydrogens (primary N) is 1. The molecule has 15 heavy (non-hydrogen) atoms. The Labute approximate surface area is 85.8 Å². The van der Waals surface area contributed by atoms with E-state index in [1.807, 2.05) is 0 Å². The number of hydrogen-bond acceptors (Lipinski definition) is 2. The average Bonchev–Trinajstić information content (AvgIpc) is 2.14. The molecule has 1 rings (SSSR count). The first-order chi connectivity index (χ1) is 7.04. The third kappa shape index (κ3) is 2.90. The van der Waals surface area contributed by atoms with E-state index >= 15 is 0 Å². The first kappa shape index (κ1) is 11.4. The fourth-order valence-corrected chi connectivity index (χ4v) is 1.15. The molecule has 2 N–H and O–H groups in total. The molecule has 1 amide bonds. The van der Waals surface area contributed by atoms with E-state index in [1.165, 1.54) is 6.07 Å². The van der Waals surface area contributed by atoms with E-state index in [2.05, 4.69) is 4.74 Å². The summed E-state index contributed by atoms with van der Waals surface area (Å²) in [5.41, 5.74) is 4.85. The summed E-state index contributed by atoms with van der Waals surface area (Å²) in [6, 6.07) is 3.00. The zero-order chi connectivity index (χ0) is 11.4. The zero-order valence-corrected chi connectivity index (χ0v) is 8.09. The van der Waals surface area contributed by atoms with Gasteiger partial charge in [0.2, 0.25) is 0 Å². The second kappa shape index (κ2) is 4.72. The SMILES string of the molecule is CC[C](OC(N)=O)c1ccc(F)cc1F. The van der Waals surface area contributed by atoms with Crippen molar-refractivity contribution in [3.63, 3.8) is 0 Å². The summed E-state index contributed by atoms with van der Waals surface area (Å²) in [6.45, 7) is 1.67. The minimum Gasteiger partial charge on any atom is -0.433 e. The van der Waals surface area contributed by atoms with Gasteiger partial charge in [-0.05, 0) is 18.6 Å². The van der Waals surface area contributed by atoms with Crippen LogP contribution in [-0.4, -0.2) is 6.09 Å². The van der Waals surface area contributed by atoms with Crippen molar-refractivity contribution in [1.82, 2.24) is 0 Å². The second-order valence-corrected chi connectivity index (χ2v) is 2.82. The van der Waals surface area contributed by atoms with Crippen LogP contribution in [0.15, 0.2) is 18.2 Å². The Balaban J connectivity index is 2.96. The van der Waals surface area contributed by atoms with Crippen LogP contribution in [0.5, 0.6) is 0 Å². The van der Waals surface area contributed by atoms with Gasteiger partial charge in [-0.3, -0.25) is 0 Å². The van der Waals surface area contributed by atoms with E-state index in [0.29, 0.717) is 0 Å². The van der Waals surface area contributed by atoms with Gasteiger partial charge in [-0.25, -0.2) is 13.6 Å². The molecule has 1 aromatic carbocycles. The number of primary amides is 1. The van der Waals surface area contributed by atoms with E-state index < -0.39 is 17.7 Å². The molecule has 0 heterocycles. The summed E-state index contributed by atoms with van der Waals surface area (Å²) in [6.07, 6.45) is -0.651. The number of carbonyl (C=O) groups excluding carboxylic acids is 1. The molecular formula is C10H10F2NO2. The molecule has 0 aliphatic carbocycles. The number of rotatable bonds is 3. The van der Waals surface area contributed by atoms with Crippen molar-refractivity contribution >= 4 is 6.09 Å². The molecule has 0 aliphatic heterocycles. The van der Waals surface area contributed by atoms with Crippen LogP contribution in [0.25, 0.3) is 0 Å². The molecule has 0 aliphatic rings. The fourth-order valence-electron chi connectivity index (χ4n) is 1.15. The molecule has 0 aromatic heterocycles. The highest BCUT2D eigenvalue weighted by Crippen LogP contribution is 2.23. The lowest BCUT2D eigenvalue weighted by atomic mass is 10.1.